The molecule has 1 saturated carbocycles. The molecule has 2 rings (SSSR count). The summed E-state index contributed by atoms with van der Waals surface area (Å²) < 4.78 is 5.21. The molecule has 6 heteroatoms. The van der Waals surface area contributed by atoms with Crippen LogP contribution < -0.4 is 5.32 Å². The SMILES string of the molecule is CN(Cc1ccco1)C(=O)NC1(C(=O)CO)CCCCC1. The van der Waals surface area contributed by atoms with Gasteiger partial charge in [-0.05, 0) is 25.0 Å². The van der Waals surface area contributed by atoms with Gasteiger partial charge in [0, 0.05) is 7.05 Å². The smallest absolute Gasteiger partial charge is 0.318 e. The predicted octanol–water partition coefficient (Wildman–Crippen LogP) is 1.69. The predicted molar refractivity (Wildman–Crippen MR) is 76.6 cm³/mol. The van der Waals surface area contributed by atoms with Crippen molar-refractivity contribution in [1.82, 2.24) is 10.2 Å². The summed E-state index contributed by atoms with van der Waals surface area (Å²) in [5.41, 5.74) is -0.915. The lowest BCUT2D eigenvalue weighted by molar-refractivity contribution is -0.129. The van der Waals surface area contributed by atoms with E-state index in [-0.39, 0.29) is 11.8 Å². The van der Waals surface area contributed by atoms with Gasteiger partial charge in [-0.3, -0.25) is 4.79 Å². The lowest BCUT2D eigenvalue weighted by Crippen LogP contribution is -2.58. The number of nitrogens with zero attached hydrogens (tertiary/aromatic N) is 1. The van der Waals surface area contributed by atoms with E-state index in [0.29, 0.717) is 25.1 Å². The molecule has 0 unspecified atom stereocenters. The van der Waals surface area contributed by atoms with E-state index >= 15 is 0 Å². The van der Waals surface area contributed by atoms with E-state index in [1.165, 1.54) is 4.90 Å². The molecular formula is C15H22N2O4. The molecular weight excluding hydrogens is 272 g/mol. The molecule has 0 bridgehead atoms. The largest absolute Gasteiger partial charge is 0.467 e. The number of rotatable bonds is 5. The second kappa shape index (κ2) is 6.76. The lowest BCUT2D eigenvalue weighted by atomic mass is 9.78. The number of carbonyl (C=O) groups excluding carboxylic acids is 2. The number of ketones is 1. The second-order valence-corrected chi connectivity index (χ2v) is 5.59. The molecule has 0 saturated heterocycles. The van der Waals surface area contributed by atoms with Crippen LogP contribution in [0.5, 0.6) is 0 Å². The molecule has 21 heavy (non-hydrogen) atoms. The van der Waals surface area contributed by atoms with Crippen molar-refractivity contribution in [1.29, 1.82) is 0 Å². The topological polar surface area (TPSA) is 82.8 Å². The van der Waals surface area contributed by atoms with Crippen LogP contribution in [0.3, 0.4) is 0 Å². The van der Waals surface area contributed by atoms with Gasteiger partial charge >= 0.3 is 6.03 Å². The molecule has 2 N–H and O–H groups in total. The molecule has 0 atom stereocenters. The van der Waals surface area contributed by atoms with Crippen molar-refractivity contribution in [3.63, 3.8) is 0 Å². The number of amides is 2. The first-order chi connectivity index (χ1) is 10.1. The summed E-state index contributed by atoms with van der Waals surface area (Å²) in [6.45, 7) is -0.204. The maximum atomic E-state index is 12.3. The highest BCUT2D eigenvalue weighted by molar-refractivity contribution is 5.93. The average molecular weight is 294 g/mol. The zero-order chi connectivity index (χ0) is 15.3. The molecule has 6 nitrogen and oxygen atoms in total. The van der Waals surface area contributed by atoms with Crippen LogP contribution in [0.2, 0.25) is 0 Å². The van der Waals surface area contributed by atoms with Gasteiger partial charge < -0.3 is 19.7 Å². The summed E-state index contributed by atoms with van der Waals surface area (Å²) >= 11 is 0. The van der Waals surface area contributed by atoms with Gasteiger partial charge in [-0.1, -0.05) is 19.3 Å². The van der Waals surface area contributed by atoms with Crippen molar-refractivity contribution in [2.45, 2.75) is 44.2 Å². The van der Waals surface area contributed by atoms with Crippen LogP contribution in [0.15, 0.2) is 22.8 Å². The van der Waals surface area contributed by atoms with E-state index in [1.807, 2.05) is 0 Å². The van der Waals surface area contributed by atoms with Gasteiger partial charge in [-0.2, -0.15) is 0 Å². The number of Topliss-reactive ketones (excluding diaryl/α,β-unsaturated/α-hetero) is 1. The number of hydrogen-bond acceptors (Lipinski definition) is 4. The van der Waals surface area contributed by atoms with E-state index in [0.717, 1.165) is 19.3 Å². The zero-order valence-corrected chi connectivity index (χ0v) is 12.3. The molecule has 116 valence electrons. The fourth-order valence-electron chi connectivity index (χ4n) is 2.79. The zero-order valence-electron chi connectivity index (χ0n) is 12.3. The molecule has 2 amide bonds. The highest BCUT2D eigenvalue weighted by Gasteiger charge is 2.40. The number of hydrogen-bond donors (Lipinski definition) is 2. The van der Waals surface area contributed by atoms with Crippen LogP contribution in [-0.2, 0) is 11.3 Å². The van der Waals surface area contributed by atoms with Crippen LogP contribution in [0.4, 0.5) is 4.79 Å². The maximum Gasteiger partial charge on any atom is 0.318 e. The fraction of sp³-hybridized carbons (Fsp3) is 0.600. The third-order valence-corrected chi connectivity index (χ3v) is 4.05. The number of aliphatic hydroxyl groups excluding tert-OH is 1. The van der Waals surface area contributed by atoms with Crippen LogP contribution in [0.25, 0.3) is 0 Å². The van der Waals surface area contributed by atoms with Gasteiger partial charge in [0.1, 0.15) is 17.9 Å². The Balaban J connectivity index is 2.02. The standard InChI is InChI=1S/C15H22N2O4/c1-17(10-12-6-5-9-21-12)14(20)16-15(13(19)11-18)7-3-2-4-8-15/h5-6,9,18H,2-4,7-8,10-11H2,1H3,(H,16,20). The van der Waals surface area contributed by atoms with Crippen molar-refractivity contribution in [2.24, 2.45) is 0 Å². The number of aliphatic hydroxyl groups is 1. The Bertz CT molecular complexity index is 478. The molecule has 0 aliphatic heterocycles. The lowest BCUT2D eigenvalue weighted by Gasteiger charge is -2.37. The van der Waals surface area contributed by atoms with Crippen molar-refractivity contribution in [2.75, 3.05) is 13.7 Å². The second-order valence-electron chi connectivity index (χ2n) is 5.59. The van der Waals surface area contributed by atoms with Gasteiger partial charge in [0.25, 0.3) is 0 Å². The first-order valence-corrected chi connectivity index (χ1v) is 7.27. The van der Waals surface area contributed by atoms with Gasteiger partial charge in [0.05, 0.1) is 12.8 Å². The minimum atomic E-state index is -0.915. The number of urea groups is 1. The molecule has 1 aliphatic carbocycles. The normalized spacial score (nSPS) is 17.2. The molecule has 0 spiro atoms. The van der Waals surface area contributed by atoms with E-state index < -0.39 is 12.1 Å². The average Bonchev–Trinajstić information content (AvgIpc) is 3.00. The Labute approximate surface area is 124 Å². The van der Waals surface area contributed by atoms with Gasteiger partial charge in [-0.25, -0.2) is 4.79 Å². The monoisotopic (exact) mass is 294 g/mol. The Kier molecular flexibility index (Phi) is 5.01. The van der Waals surface area contributed by atoms with Crippen LogP contribution in [0.1, 0.15) is 37.9 Å². The Morgan fingerprint density at radius 3 is 2.67 bits per heavy atom. The minimum absolute atomic E-state index is 0.304. The first-order valence-electron chi connectivity index (χ1n) is 7.27. The fourth-order valence-corrected chi connectivity index (χ4v) is 2.79. The summed E-state index contributed by atoms with van der Waals surface area (Å²) in [5.74, 6) is 0.376. The molecule has 1 aromatic rings. The van der Waals surface area contributed by atoms with Crippen molar-refractivity contribution < 1.29 is 19.1 Å². The highest BCUT2D eigenvalue weighted by atomic mass is 16.3. The molecule has 1 heterocycles. The molecule has 1 fully saturated rings. The Morgan fingerprint density at radius 2 is 2.10 bits per heavy atom. The summed E-state index contributed by atoms with van der Waals surface area (Å²) in [6.07, 6.45) is 5.55. The van der Waals surface area contributed by atoms with Crippen LogP contribution in [-0.4, -0.2) is 41.0 Å². The summed E-state index contributed by atoms with van der Waals surface area (Å²) in [7, 11) is 1.65. The van der Waals surface area contributed by atoms with Crippen molar-refractivity contribution in [3.8, 4) is 0 Å². The van der Waals surface area contributed by atoms with Gasteiger partial charge in [-0.15, -0.1) is 0 Å². The third kappa shape index (κ3) is 3.64. The number of furan rings is 1. The maximum absolute atomic E-state index is 12.3. The van der Waals surface area contributed by atoms with E-state index in [4.69, 9.17) is 4.42 Å². The van der Waals surface area contributed by atoms with Crippen LogP contribution in [0, 0.1) is 0 Å². The number of nitrogens with one attached hydrogen (secondary N) is 1. The quantitative estimate of drug-likeness (QED) is 0.865. The Hall–Kier alpha value is -1.82. The summed E-state index contributed by atoms with van der Waals surface area (Å²) in [4.78, 5) is 25.8. The number of carbonyl (C=O) groups is 2. The molecule has 1 aliphatic rings. The highest BCUT2D eigenvalue weighted by Crippen LogP contribution is 2.29. The van der Waals surface area contributed by atoms with Crippen LogP contribution >= 0.6 is 0 Å². The minimum Gasteiger partial charge on any atom is -0.467 e. The van der Waals surface area contributed by atoms with E-state index in [2.05, 4.69) is 5.32 Å². The van der Waals surface area contributed by atoms with Crippen molar-refractivity contribution in [3.05, 3.63) is 24.2 Å². The first kappa shape index (κ1) is 15.6. The van der Waals surface area contributed by atoms with Crippen molar-refractivity contribution >= 4 is 11.8 Å². The van der Waals surface area contributed by atoms with Gasteiger partial charge in [0.2, 0.25) is 0 Å². The third-order valence-electron chi connectivity index (χ3n) is 4.05. The summed E-state index contributed by atoms with van der Waals surface area (Å²) in [6, 6.07) is 3.23. The Morgan fingerprint density at radius 1 is 1.38 bits per heavy atom. The van der Waals surface area contributed by atoms with E-state index in [9.17, 15) is 14.7 Å². The molecule has 1 aromatic heterocycles. The molecule has 0 radical (unpaired) electrons. The van der Waals surface area contributed by atoms with Gasteiger partial charge in [0.15, 0.2) is 5.78 Å². The molecule has 0 aromatic carbocycles. The summed E-state index contributed by atoms with van der Waals surface area (Å²) in [5, 5.41) is 12.0. The van der Waals surface area contributed by atoms with E-state index in [1.54, 1.807) is 25.4 Å².